The first-order valence-corrected chi connectivity index (χ1v) is 8.77. The fourth-order valence-corrected chi connectivity index (χ4v) is 3.31. The summed E-state index contributed by atoms with van der Waals surface area (Å²) >= 11 is 13.2. The van der Waals surface area contributed by atoms with Crippen LogP contribution in [0.15, 0.2) is 17.4 Å². The number of rotatable bonds is 5. The molecule has 2 heterocycles. The first-order chi connectivity index (χ1) is 11.0. The molecule has 1 aliphatic rings. The predicted molar refractivity (Wildman–Crippen MR) is 91.2 cm³/mol. The van der Waals surface area contributed by atoms with Crippen LogP contribution >= 0.6 is 35.0 Å². The molecule has 2 aromatic heterocycles. The highest BCUT2D eigenvalue weighted by atomic mass is 35.5. The largest absolute Gasteiger partial charge is 0.309 e. The third kappa shape index (κ3) is 3.79. The average molecular weight is 372 g/mol. The molecule has 122 valence electrons. The van der Waals surface area contributed by atoms with E-state index in [2.05, 4.69) is 20.5 Å². The molecule has 1 atom stereocenters. The second-order valence-electron chi connectivity index (χ2n) is 5.41. The number of aromatic nitrogens is 4. The first-order valence-electron chi connectivity index (χ1n) is 7.13. The van der Waals surface area contributed by atoms with Crippen LogP contribution < -0.4 is 5.32 Å². The lowest BCUT2D eigenvalue weighted by molar-refractivity contribution is -0.115. The van der Waals surface area contributed by atoms with Crippen molar-refractivity contribution >= 4 is 46.7 Å². The minimum Gasteiger partial charge on any atom is -0.309 e. The molecule has 1 N–H and O–H groups in total. The van der Waals surface area contributed by atoms with E-state index in [1.54, 1.807) is 6.92 Å². The van der Waals surface area contributed by atoms with Crippen molar-refractivity contribution in [2.24, 2.45) is 7.05 Å². The van der Waals surface area contributed by atoms with Crippen molar-refractivity contribution in [2.45, 2.75) is 36.1 Å². The van der Waals surface area contributed by atoms with Crippen LogP contribution in [0.5, 0.6) is 0 Å². The highest BCUT2D eigenvalue weighted by Gasteiger charge is 2.30. The molecule has 3 rings (SSSR count). The van der Waals surface area contributed by atoms with Gasteiger partial charge in [0.25, 0.3) is 0 Å². The quantitative estimate of drug-likeness (QED) is 0.814. The highest BCUT2D eigenvalue weighted by molar-refractivity contribution is 8.00. The lowest BCUT2D eigenvalue weighted by atomic mass is 10.4. The molecule has 1 aliphatic carbocycles. The Morgan fingerprint density at radius 2 is 2.17 bits per heavy atom. The summed E-state index contributed by atoms with van der Waals surface area (Å²) in [4.78, 5) is 16.3. The monoisotopic (exact) mass is 371 g/mol. The van der Waals surface area contributed by atoms with Gasteiger partial charge in [-0.05, 0) is 25.8 Å². The minimum absolute atomic E-state index is 0.206. The summed E-state index contributed by atoms with van der Waals surface area (Å²) in [6.45, 7) is 1.80. The van der Waals surface area contributed by atoms with Crippen LogP contribution in [0.1, 0.15) is 31.5 Å². The maximum atomic E-state index is 12.3. The van der Waals surface area contributed by atoms with E-state index >= 15 is 0 Å². The van der Waals surface area contributed by atoms with Crippen LogP contribution in [0.4, 0.5) is 5.82 Å². The molecule has 0 spiro atoms. The van der Waals surface area contributed by atoms with Crippen LogP contribution in [0.3, 0.4) is 0 Å². The van der Waals surface area contributed by atoms with E-state index in [0.717, 1.165) is 23.8 Å². The van der Waals surface area contributed by atoms with Gasteiger partial charge in [-0.3, -0.25) is 4.79 Å². The Bertz CT molecular complexity index is 747. The van der Waals surface area contributed by atoms with E-state index < -0.39 is 0 Å². The van der Waals surface area contributed by atoms with Crippen LogP contribution in [0.25, 0.3) is 0 Å². The minimum atomic E-state index is -0.363. The van der Waals surface area contributed by atoms with E-state index in [1.165, 1.54) is 24.0 Å². The number of hydrogen-bond donors (Lipinski definition) is 1. The van der Waals surface area contributed by atoms with Gasteiger partial charge in [-0.2, -0.15) is 0 Å². The molecule has 2 aromatic rings. The van der Waals surface area contributed by atoms with Crippen molar-refractivity contribution in [3.63, 3.8) is 0 Å². The van der Waals surface area contributed by atoms with Gasteiger partial charge in [0.15, 0.2) is 11.0 Å². The summed E-state index contributed by atoms with van der Waals surface area (Å²) in [5.74, 6) is 1.60. The Kier molecular flexibility index (Phi) is 4.79. The van der Waals surface area contributed by atoms with Gasteiger partial charge in [0.2, 0.25) is 5.91 Å². The van der Waals surface area contributed by atoms with Gasteiger partial charge in [0, 0.05) is 19.2 Å². The molecule has 0 saturated heterocycles. The Balaban J connectivity index is 1.65. The van der Waals surface area contributed by atoms with Crippen molar-refractivity contribution in [3.8, 4) is 0 Å². The summed E-state index contributed by atoms with van der Waals surface area (Å²) in [7, 11) is 1.93. The van der Waals surface area contributed by atoms with Crippen molar-refractivity contribution in [1.82, 2.24) is 19.7 Å². The summed E-state index contributed by atoms with van der Waals surface area (Å²) in [5.41, 5.74) is 0. The number of pyridine rings is 1. The second kappa shape index (κ2) is 6.67. The molecule has 1 amide bonds. The van der Waals surface area contributed by atoms with E-state index in [-0.39, 0.29) is 11.2 Å². The van der Waals surface area contributed by atoms with Gasteiger partial charge >= 0.3 is 0 Å². The number of anilines is 1. The summed E-state index contributed by atoms with van der Waals surface area (Å²) in [6, 6.07) is 1.54. The van der Waals surface area contributed by atoms with Crippen molar-refractivity contribution < 1.29 is 4.79 Å². The van der Waals surface area contributed by atoms with Gasteiger partial charge in [0.05, 0.1) is 15.3 Å². The number of nitrogens with zero attached hydrogens (tertiary/aromatic N) is 4. The molecule has 9 heteroatoms. The molecule has 0 radical (unpaired) electrons. The van der Waals surface area contributed by atoms with E-state index in [4.69, 9.17) is 23.2 Å². The number of carbonyl (C=O) groups excluding carboxylic acids is 1. The third-order valence-electron chi connectivity index (χ3n) is 3.51. The lowest BCUT2D eigenvalue weighted by Crippen LogP contribution is -2.23. The predicted octanol–water partition coefficient (Wildman–Crippen LogP) is 3.51. The number of carbonyl (C=O) groups is 1. The van der Waals surface area contributed by atoms with Crippen LogP contribution in [-0.2, 0) is 11.8 Å². The summed E-state index contributed by atoms with van der Waals surface area (Å²) in [6.07, 6.45) is 3.76. The average Bonchev–Trinajstić information content (AvgIpc) is 3.28. The Morgan fingerprint density at radius 1 is 1.43 bits per heavy atom. The maximum Gasteiger partial charge on any atom is 0.238 e. The van der Waals surface area contributed by atoms with Gasteiger partial charge < -0.3 is 9.88 Å². The van der Waals surface area contributed by atoms with Crippen LogP contribution in [0, 0.1) is 0 Å². The fourth-order valence-electron chi connectivity index (χ4n) is 2.06. The maximum absolute atomic E-state index is 12.3. The van der Waals surface area contributed by atoms with E-state index in [1.807, 2.05) is 11.6 Å². The number of thioether (sulfide) groups is 1. The molecule has 0 unspecified atom stereocenters. The van der Waals surface area contributed by atoms with Crippen molar-refractivity contribution in [2.75, 3.05) is 5.32 Å². The number of amides is 1. The molecule has 6 nitrogen and oxygen atoms in total. The standard InChI is InChI=1S/C14H15Cl2N5OS/c1-7(13(22)18-11-10(16)5-9(15)6-17-11)23-14-20-19-12(21(14)2)8-3-4-8/h5-8H,3-4H2,1-2H3,(H,17,18,22)/t7-/m0/s1. The van der Waals surface area contributed by atoms with Gasteiger partial charge in [-0.25, -0.2) is 4.98 Å². The third-order valence-corrected chi connectivity index (χ3v) is 5.14. The highest BCUT2D eigenvalue weighted by Crippen LogP contribution is 2.39. The van der Waals surface area contributed by atoms with Gasteiger partial charge in [-0.1, -0.05) is 35.0 Å². The molecule has 0 aromatic carbocycles. The van der Waals surface area contributed by atoms with Gasteiger partial charge in [0.1, 0.15) is 5.82 Å². The van der Waals surface area contributed by atoms with Crippen molar-refractivity contribution in [3.05, 3.63) is 28.1 Å². The van der Waals surface area contributed by atoms with Crippen LogP contribution in [0.2, 0.25) is 10.0 Å². The number of hydrogen-bond acceptors (Lipinski definition) is 5. The molecule has 1 fully saturated rings. The van der Waals surface area contributed by atoms with Gasteiger partial charge in [-0.15, -0.1) is 10.2 Å². The molecular formula is C14H15Cl2N5OS. The molecule has 0 aliphatic heterocycles. The SMILES string of the molecule is C[C@H](Sc1nnc(C2CC2)n1C)C(=O)Nc1ncc(Cl)cc1Cl. The molecule has 0 bridgehead atoms. The molecule has 1 saturated carbocycles. The Hall–Kier alpha value is -1.31. The second-order valence-corrected chi connectivity index (χ2v) is 7.56. The zero-order valence-electron chi connectivity index (χ0n) is 12.6. The normalized spacial score (nSPS) is 15.5. The number of nitrogens with one attached hydrogen (secondary N) is 1. The Morgan fingerprint density at radius 3 is 2.83 bits per heavy atom. The number of halogens is 2. The van der Waals surface area contributed by atoms with Crippen LogP contribution in [-0.4, -0.2) is 30.9 Å². The zero-order valence-corrected chi connectivity index (χ0v) is 14.9. The molecule has 23 heavy (non-hydrogen) atoms. The zero-order chi connectivity index (χ0) is 16.6. The fraction of sp³-hybridized carbons (Fsp3) is 0.429. The van der Waals surface area contributed by atoms with E-state index in [0.29, 0.717) is 21.8 Å². The Labute approximate surface area is 148 Å². The van der Waals surface area contributed by atoms with Crippen molar-refractivity contribution in [1.29, 1.82) is 0 Å². The smallest absolute Gasteiger partial charge is 0.238 e. The topological polar surface area (TPSA) is 72.7 Å². The first kappa shape index (κ1) is 16.5. The molecular weight excluding hydrogens is 357 g/mol. The summed E-state index contributed by atoms with van der Waals surface area (Å²) < 4.78 is 1.96. The van der Waals surface area contributed by atoms with E-state index in [9.17, 15) is 4.79 Å². The summed E-state index contributed by atoms with van der Waals surface area (Å²) in [5, 5.41) is 12.2. The lowest BCUT2D eigenvalue weighted by Gasteiger charge is -2.12.